The van der Waals surface area contributed by atoms with Gasteiger partial charge in [0.15, 0.2) is 0 Å². The van der Waals surface area contributed by atoms with Crippen LogP contribution in [0.4, 0.5) is 5.69 Å². The molecule has 1 heterocycles. The van der Waals surface area contributed by atoms with Gasteiger partial charge in [0.25, 0.3) is 11.8 Å². The lowest BCUT2D eigenvalue weighted by Gasteiger charge is -2.28. The number of anilines is 1. The molecule has 0 atom stereocenters. The Hall–Kier alpha value is -3.41. The molecule has 2 aromatic carbocycles. The van der Waals surface area contributed by atoms with Crippen molar-refractivity contribution in [3.63, 3.8) is 0 Å². The summed E-state index contributed by atoms with van der Waals surface area (Å²) in [5.74, 6) is -0.537. The number of nitrogens with zero attached hydrogens (tertiary/aromatic N) is 1. The Labute approximate surface area is 194 Å². The molecular formula is C27H31NO5. The van der Waals surface area contributed by atoms with Crippen LogP contribution in [0, 0.1) is 0 Å². The zero-order valence-electron chi connectivity index (χ0n) is 20.1. The number of aromatic hydroxyl groups is 1. The van der Waals surface area contributed by atoms with Crippen molar-refractivity contribution in [3.8, 4) is 11.5 Å². The van der Waals surface area contributed by atoms with Gasteiger partial charge in [-0.1, -0.05) is 53.7 Å². The zero-order chi connectivity index (χ0) is 24.6. The summed E-state index contributed by atoms with van der Waals surface area (Å²) < 4.78 is 5.43. The highest BCUT2D eigenvalue weighted by Crippen LogP contribution is 2.40. The Bertz CT molecular complexity index is 1060. The van der Waals surface area contributed by atoms with Gasteiger partial charge in [0, 0.05) is 18.6 Å². The minimum atomic E-state index is -0.400. The molecule has 0 saturated heterocycles. The Kier molecular flexibility index (Phi) is 6.50. The molecule has 0 unspecified atom stereocenters. The fraction of sp³-hybridized carbons (Fsp3) is 0.370. The third kappa shape index (κ3) is 5.51. The van der Waals surface area contributed by atoms with Gasteiger partial charge < -0.3 is 9.84 Å². The van der Waals surface area contributed by atoms with Crippen LogP contribution < -0.4 is 9.64 Å². The molecule has 2 amide bonds. The molecule has 1 N–H and O–H groups in total. The summed E-state index contributed by atoms with van der Waals surface area (Å²) in [5.41, 5.74) is 2.62. The van der Waals surface area contributed by atoms with Crippen LogP contribution in [-0.4, -0.2) is 22.9 Å². The molecule has 0 bridgehead atoms. The summed E-state index contributed by atoms with van der Waals surface area (Å²) in [6.07, 6.45) is 3.09. The number of aryl methyl sites for hydroxylation is 1. The quantitative estimate of drug-likeness (QED) is 0.396. The molecule has 6 nitrogen and oxygen atoms in total. The van der Waals surface area contributed by atoms with E-state index >= 15 is 0 Å². The number of amides is 2. The van der Waals surface area contributed by atoms with Crippen LogP contribution in [0.25, 0.3) is 0 Å². The summed E-state index contributed by atoms with van der Waals surface area (Å²) in [6.45, 7) is 12.3. The lowest BCUT2D eigenvalue weighted by atomic mass is 9.78. The van der Waals surface area contributed by atoms with Gasteiger partial charge in [-0.25, -0.2) is 4.90 Å². The topological polar surface area (TPSA) is 83.9 Å². The van der Waals surface area contributed by atoms with Crippen molar-refractivity contribution >= 4 is 23.5 Å². The normalized spacial score (nSPS) is 14.2. The number of esters is 1. The lowest BCUT2D eigenvalue weighted by Crippen LogP contribution is -2.29. The predicted octanol–water partition coefficient (Wildman–Crippen LogP) is 4.95. The van der Waals surface area contributed by atoms with E-state index in [1.165, 1.54) is 12.2 Å². The summed E-state index contributed by atoms with van der Waals surface area (Å²) >= 11 is 0. The number of benzene rings is 2. The van der Waals surface area contributed by atoms with Gasteiger partial charge in [0.05, 0.1) is 5.69 Å². The second-order valence-corrected chi connectivity index (χ2v) is 10.4. The highest BCUT2D eigenvalue weighted by atomic mass is 16.5. The Morgan fingerprint density at radius 2 is 1.36 bits per heavy atom. The van der Waals surface area contributed by atoms with Gasteiger partial charge in [0.2, 0.25) is 0 Å². The molecule has 0 radical (unpaired) electrons. The van der Waals surface area contributed by atoms with Crippen LogP contribution in [0.3, 0.4) is 0 Å². The number of imide groups is 1. The van der Waals surface area contributed by atoms with Gasteiger partial charge >= 0.3 is 5.97 Å². The van der Waals surface area contributed by atoms with Crippen LogP contribution in [-0.2, 0) is 31.6 Å². The van der Waals surface area contributed by atoms with Crippen molar-refractivity contribution < 1.29 is 24.2 Å². The summed E-state index contributed by atoms with van der Waals surface area (Å²) in [5, 5.41) is 10.8. The number of hydrogen-bond acceptors (Lipinski definition) is 5. The average molecular weight is 450 g/mol. The number of rotatable bonds is 5. The van der Waals surface area contributed by atoms with Crippen molar-refractivity contribution in [3.05, 3.63) is 65.2 Å². The summed E-state index contributed by atoms with van der Waals surface area (Å²) in [4.78, 5) is 37.1. The first-order valence-corrected chi connectivity index (χ1v) is 11.0. The molecule has 6 heteroatoms. The second-order valence-electron chi connectivity index (χ2n) is 10.4. The molecule has 0 aromatic heterocycles. The van der Waals surface area contributed by atoms with Gasteiger partial charge in [-0.3, -0.25) is 14.4 Å². The van der Waals surface area contributed by atoms with E-state index in [2.05, 4.69) is 41.5 Å². The van der Waals surface area contributed by atoms with Gasteiger partial charge in [-0.2, -0.15) is 0 Å². The van der Waals surface area contributed by atoms with E-state index in [4.69, 9.17) is 4.74 Å². The van der Waals surface area contributed by atoms with Crippen LogP contribution >= 0.6 is 0 Å². The maximum absolute atomic E-state index is 12.5. The van der Waals surface area contributed by atoms with Gasteiger partial charge in [-0.05, 0) is 58.2 Å². The van der Waals surface area contributed by atoms with Crippen LogP contribution in [0.15, 0.2) is 48.6 Å². The second kappa shape index (κ2) is 8.85. The van der Waals surface area contributed by atoms with Crippen LogP contribution in [0.1, 0.15) is 64.7 Å². The molecule has 0 aliphatic carbocycles. The van der Waals surface area contributed by atoms with E-state index in [1.807, 2.05) is 12.1 Å². The van der Waals surface area contributed by atoms with E-state index in [-0.39, 0.29) is 23.2 Å². The van der Waals surface area contributed by atoms with E-state index < -0.39 is 11.8 Å². The molecule has 174 valence electrons. The predicted molar refractivity (Wildman–Crippen MR) is 128 cm³/mol. The van der Waals surface area contributed by atoms with E-state index in [0.717, 1.165) is 21.6 Å². The molecule has 0 spiro atoms. The van der Waals surface area contributed by atoms with E-state index in [1.54, 1.807) is 24.3 Å². The average Bonchev–Trinajstić information content (AvgIpc) is 3.04. The number of phenolic OH excluding ortho intramolecular Hbond substituents is 1. The molecule has 2 aromatic rings. The third-order valence-electron chi connectivity index (χ3n) is 5.54. The zero-order valence-corrected chi connectivity index (χ0v) is 20.1. The number of phenols is 1. The number of carbonyl (C=O) groups excluding carboxylic acids is 3. The minimum Gasteiger partial charge on any atom is -0.507 e. The molecule has 0 saturated carbocycles. The maximum atomic E-state index is 12.5. The van der Waals surface area contributed by atoms with Crippen molar-refractivity contribution in [2.75, 3.05) is 4.90 Å². The monoisotopic (exact) mass is 449 g/mol. The van der Waals surface area contributed by atoms with Gasteiger partial charge in [-0.15, -0.1) is 0 Å². The molecule has 1 aliphatic heterocycles. The highest BCUT2D eigenvalue weighted by molar-refractivity contribution is 6.28. The van der Waals surface area contributed by atoms with Crippen molar-refractivity contribution in [2.24, 2.45) is 0 Å². The molecule has 1 aliphatic rings. The van der Waals surface area contributed by atoms with Crippen molar-refractivity contribution in [2.45, 2.75) is 65.2 Å². The van der Waals surface area contributed by atoms with Crippen LogP contribution in [0.2, 0.25) is 0 Å². The SMILES string of the molecule is CC(C)(C)c1cc(CCC(=O)Oc2ccc(N3C(=O)C=CC3=O)cc2)cc(C(C)(C)C)c1O. The Morgan fingerprint density at radius 1 is 0.879 bits per heavy atom. The summed E-state index contributed by atoms with van der Waals surface area (Å²) in [7, 11) is 0. The van der Waals surface area contributed by atoms with E-state index in [9.17, 15) is 19.5 Å². The largest absolute Gasteiger partial charge is 0.507 e. The van der Waals surface area contributed by atoms with E-state index in [0.29, 0.717) is 23.6 Å². The highest BCUT2D eigenvalue weighted by Gasteiger charge is 2.27. The number of hydrogen-bond donors (Lipinski definition) is 1. The third-order valence-corrected chi connectivity index (χ3v) is 5.54. The smallest absolute Gasteiger partial charge is 0.311 e. The minimum absolute atomic E-state index is 0.173. The number of ether oxygens (including phenoxy) is 1. The van der Waals surface area contributed by atoms with Gasteiger partial charge in [0.1, 0.15) is 11.5 Å². The molecular weight excluding hydrogens is 418 g/mol. The Balaban J connectivity index is 1.70. The standard InChI is InChI=1S/C27H31NO5/c1-26(2,3)20-15-17(16-21(25(20)32)27(4,5)6)7-14-24(31)33-19-10-8-18(9-11-19)28-22(29)12-13-23(28)30/h8-13,15-16,32H,7,14H2,1-6H3. The fourth-order valence-electron chi connectivity index (χ4n) is 3.73. The molecule has 33 heavy (non-hydrogen) atoms. The first-order chi connectivity index (χ1) is 15.3. The first-order valence-electron chi connectivity index (χ1n) is 11.0. The molecule has 3 rings (SSSR count). The molecule has 0 fully saturated rings. The Morgan fingerprint density at radius 3 is 1.82 bits per heavy atom. The fourth-order valence-corrected chi connectivity index (χ4v) is 3.73. The first kappa shape index (κ1) is 24.2. The van der Waals surface area contributed by atoms with Crippen molar-refractivity contribution in [1.82, 2.24) is 0 Å². The number of carbonyl (C=O) groups is 3. The lowest BCUT2D eigenvalue weighted by molar-refractivity contribution is -0.134. The van der Waals surface area contributed by atoms with Crippen molar-refractivity contribution in [1.29, 1.82) is 0 Å². The summed E-state index contributed by atoms with van der Waals surface area (Å²) in [6, 6.07) is 10.2. The maximum Gasteiger partial charge on any atom is 0.311 e. The van der Waals surface area contributed by atoms with Crippen LogP contribution in [0.5, 0.6) is 11.5 Å².